The van der Waals surface area contributed by atoms with E-state index in [2.05, 4.69) is 10.1 Å². The Morgan fingerprint density at radius 1 is 1.33 bits per heavy atom. The molecule has 1 aromatic carbocycles. The quantitative estimate of drug-likeness (QED) is 0.796. The van der Waals surface area contributed by atoms with Gasteiger partial charge in [0.15, 0.2) is 0 Å². The molecule has 3 aromatic rings. The van der Waals surface area contributed by atoms with Gasteiger partial charge in [-0.2, -0.15) is 5.10 Å². The summed E-state index contributed by atoms with van der Waals surface area (Å²) in [5.41, 5.74) is 2.53. The molecule has 21 heavy (non-hydrogen) atoms. The number of hydrogen-bond donors (Lipinski definition) is 1. The van der Waals surface area contributed by atoms with E-state index in [0.717, 1.165) is 17.9 Å². The SMILES string of the molecule is CCc1nc2cccc(C(=O)O)c2n1Cc1ccn(C)n1. The van der Waals surface area contributed by atoms with Gasteiger partial charge in [0.1, 0.15) is 5.82 Å². The number of imidazole rings is 1. The highest BCUT2D eigenvalue weighted by atomic mass is 16.4. The van der Waals surface area contributed by atoms with E-state index in [9.17, 15) is 9.90 Å². The highest BCUT2D eigenvalue weighted by molar-refractivity contribution is 6.01. The predicted molar refractivity (Wildman–Crippen MR) is 78.4 cm³/mol. The monoisotopic (exact) mass is 284 g/mol. The van der Waals surface area contributed by atoms with Gasteiger partial charge in [-0.15, -0.1) is 0 Å². The van der Waals surface area contributed by atoms with Gasteiger partial charge in [-0.05, 0) is 18.2 Å². The zero-order valence-electron chi connectivity index (χ0n) is 11.9. The Kier molecular flexibility index (Phi) is 3.21. The highest BCUT2D eigenvalue weighted by Gasteiger charge is 2.17. The third-order valence-corrected chi connectivity index (χ3v) is 3.48. The zero-order chi connectivity index (χ0) is 15.0. The normalized spacial score (nSPS) is 11.1. The van der Waals surface area contributed by atoms with Crippen molar-refractivity contribution in [1.82, 2.24) is 19.3 Å². The number of hydrogen-bond acceptors (Lipinski definition) is 3. The maximum absolute atomic E-state index is 11.5. The fourth-order valence-electron chi connectivity index (χ4n) is 2.56. The lowest BCUT2D eigenvalue weighted by molar-refractivity contribution is 0.0698. The van der Waals surface area contributed by atoms with Crippen molar-refractivity contribution in [3.8, 4) is 0 Å². The van der Waals surface area contributed by atoms with Gasteiger partial charge in [0.2, 0.25) is 0 Å². The molecule has 6 nitrogen and oxygen atoms in total. The number of aromatic nitrogens is 4. The number of para-hydroxylation sites is 1. The summed E-state index contributed by atoms with van der Waals surface area (Å²) in [6, 6.07) is 7.11. The second-order valence-electron chi connectivity index (χ2n) is 4.93. The molecule has 6 heteroatoms. The molecule has 0 bridgehead atoms. The number of carboxylic acids is 1. The van der Waals surface area contributed by atoms with Gasteiger partial charge in [-0.3, -0.25) is 4.68 Å². The number of nitrogens with zero attached hydrogens (tertiary/aromatic N) is 4. The van der Waals surface area contributed by atoms with Crippen molar-refractivity contribution in [3.63, 3.8) is 0 Å². The first-order valence-electron chi connectivity index (χ1n) is 6.80. The van der Waals surface area contributed by atoms with Crippen molar-refractivity contribution in [3.05, 3.63) is 47.5 Å². The zero-order valence-corrected chi connectivity index (χ0v) is 11.9. The summed E-state index contributed by atoms with van der Waals surface area (Å²) in [7, 11) is 1.86. The minimum atomic E-state index is -0.939. The number of fused-ring (bicyclic) bond motifs is 1. The van der Waals surface area contributed by atoms with Crippen molar-refractivity contribution in [2.45, 2.75) is 19.9 Å². The first-order valence-corrected chi connectivity index (χ1v) is 6.80. The van der Waals surface area contributed by atoms with E-state index >= 15 is 0 Å². The fourth-order valence-corrected chi connectivity index (χ4v) is 2.56. The second kappa shape index (κ2) is 5.05. The smallest absolute Gasteiger partial charge is 0.337 e. The number of aryl methyl sites for hydroxylation is 2. The molecular formula is C15H16N4O2. The summed E-state index contributed by atoms with van der Waals surface area (Å²) >= 11 is 0. The van der Waals surface area contributed by atoms with Gasteiger partial charge >= 0.3 is 5.97 Å². The molecule has 0 aliphatic carbocycles. The highest BCUT2D eigenvalue weighted by Crippen LogP contribution is 2.22. The van der Waals surface area contributed by atoms with Gasteiger partial charge in [0.25, 0.3) is 0 Å². The Balaban J connectivity index is 2.20. The van der Waals surface area contributed by atoms with Crippen molar-refractivity contribution < 1.29 is 9.90 Å². The lowest BCUT2D eigenvalue weighted by atomic mass is 10.2. The molecule has 2 heterocycles. The lowest BCUT2D eigenvalue weighted by Gasteiger charge is -2.08. The summed E-state index contributed by atoms with van der Waals surface area (Å²) in [4.78, 5) is 16.0. The van der Waals surface area contributed by atoms with E-state index in [1.807, 2.05) is 36.9 Å². The van der Waals surface area contributed by atoms with Gasteiger partial charge in [-0.25, -0.2) is 9.78 Å². The first-order chi connectivity index (χ1) is 10.1. The van der Waals surface area contributed by atoms with Crippen molar-refractivity contribution in [1.29, 1.82) is 0 Å². The molecule has 0 fully saturated rings. The van der Waals surface area contributed by atoms with Crippen LogP contribution in [0.1, 0.15) is 28.8 Å². The molecule has 0 saturated carbocycles. The number of carboxylic acid groups (broad SMARTS) is 1. The molecule has 0 unspecified atom stereocenters. The Hall–Kier alpha value is -2.63. The van der Waals surface area contributed by atoms with E-state index in [0.29, 0.717) is 17.6 Å². The summed E-state index contributed by atoms with van der Waals surface area (Å²) in [5.74, 6) is -0.0743. The first kappa shape index (κ1) is 13.4. The van der Waals surface area contributed by atoms with E-state index in [-0.39, 0.29) is 5.56 Å². The third kappa shape index (κ3) is 2.29. The van der Waals surface area contributed by atoms with Crippen molar-refractivity contribution >= 4 is 17.0 Å². The Labute approximate surface area is 121 Å². The van der Waals surface area contributed by atoms with Crippen LogP contribution in [0.25, 0.3) is 11.0 Å². The maximum atomic E-state index is 11.5. The van der Waals surface area contributed by atoms with Crippen molar-refractivity contribution in [2.75, 3.05) is 0 Å². The van der Waals surface area contributed by atoms with Crippen LogP contribution < -0.4 is 0 Å². The van der Waals surface area contributed by atoms with Crippen LogP contribution >= 0.6 is 0 Å². The van der Waals surface area contributed by atoms with E-state index in [4.69, 9.17) is 0 Å². The average molecular weight is 284 g/mol. The molecule has 0 aliphatic heterocycles. The molecule has 108 valence electrons. The summed E-state index contributed by atoms with van der Waals surface area (Å²) in [6.45, 7) is 2.53. The van der Waals surface area contributed by atoms with Crippen LogP contribution in [-0.4, -0.2) is 30.4 Å². The number of carbonyl (C=O) groups is 1. The molecule has 0 spiro atoms. The van der Waals surface area contributed by atoms with Gasteiger partial charge in [-0.1, -0.05) is 13.0 Å². The van der Waals surface area contributed by atoms with Gasteiger partial charge in [0, 0.05) is 19.7 Å². The van der Waals surface area contributed by atoms with Crippen LogP contribution in [0, 0.1) is 0 Å². The molecule has 2 aromatic heterocycles. The Morgan fingerprint density at radius 3 is 2.76 bits per heavy atom. The van der Waals surface area contributed by atoms with E-state index in [1.165, 1.54) is 0 Å². The summed E-state index contributed by atoms with van der Waals surface area (Å²) < 4.78 is 3.68. The summed E-state index contributed by atoms with van der Waals surface area (Å²) in [5, 5.41) is 13.8. The Morgan fingerprint density at radius 2 is 2.14 bits per heavy atom. The molecule has 0 radical (unpaired) electrons. The third-order valence-electron chi connectivity index (χ3n) is 3.48. The van der Waals surface area contributed by atoms with Crippen LogP contribution in [0.2, 0.25) is 0 Å². The number of benzene rings is 1. The molecule has 0 atom stereocenters. The molecule has 0 saturated heterocycles. The van der Waals surface area contributed by atoms with Crippen LogP contribution in [0.4, 0.5) is 0 Å². The van der Waals surface area contributed by atoms with Crippen LogP contribution in [-0.2, 0) is 20.0 Å². The minimum Gasteiger partial charge on any atom is -0.478 e. The van der Waals surface area contributed by atoms with E-state index in [1.54, 1.807) is 16.8 Å². The largest absolute Gasteiger partial charge is 0.478 e. The molecule has 3 rings (SSSR count). The standard InChI is InChI=1S/C15H16N4O2/c1-3-13-16-12-6-4-5-11(15(20)21)14(12)19(13)9-10-7-8-18(2)17-10/h4-8H,3,9H2,1-2H3,(H,20,21). The molecule has 0 amide bonds. The van der Waals surface area contributed by atoms with E-state index < -0.39 is 5.97 Å². The second-order valence-corrected chi connectivity index (χ2v) is 4.93. The van der Waals surface area contributed by atoms with Gasteiger partial charge in [0.05, 0.1) is 28.8 Å². The number of rotatable bonds is 4. The number of aromatic carboxylic acids is 1. The van der Waals surface area contributed by atoms with Gasteiger partial charge < -0.3 is 9.67 Å². The van der Waals surface area contributed by atoms with Crippen LogP contribution in [0.5, 0.6) is 0 Å². The Bertz CT molecular complexity index is 816. The molecule has 1 N–H and O–H groups in total. The molecule has 0 aliphatic rings. The van der Waals surface area contributed by atoms with Crippen LogP contribution in [0.15, 0.2) is 30.5 Å². The molecular weight excluding hydrogens is 268 g/mol. The fraction of sp³-hybridized carbons (Fsp3) is 0.267. The average Bonchev–Trinajstić information content (AvgIpc) is 3.03. The van der Waals surface area contributed by atoms with Crippen LogP contribution in [0.3, 0.4) is 0 Å². The maximum Gasteiger partial charge on any atom is 0.337 e. The lowest BCUT2D eigenvalue weighted by Crippen LogP contribution is -2.08. The van der Waals surface area contributed by atoms with Crippen molar-refractivity contribution in [2.24, 2.45) is 7.05 Å². The summed E-state index contributed by atoms with van der Waals surface area (Å²) in [6.07, 6.45) is 2.61. The minimum absolute atomic E-state index is 0.274. The topological polar surface area (TPSA) is 72.9 Å². The predicted octanol–water partition coefficient (Wildman–Crippen LogP) is 2.08.